The van der Waals surface area contributed by atoms with Gasteiger partial charge in [0.1, 0.15) is 11.8 Å². The monoisotopic (exact) mass is 315 g/mol. The van der Waals surface area contributed by atoms with Crippen LogP contribution in [0.5, 0.6) is 0 Å². The molecule has 1 aromatic carbocycles. The summed E-state index contributed by atoms with van der Waals surface area (Å²) in [5, 5.41) is 0.221. The van der Waals surface area contributed by atoms with Crippen LogP contribution in [-0.2, 0) is 4.74 Å². The summed E-state index contributed by atoms with van der Waals surface area (Å²) in [6.45, 7) is 3.42. The second-order valence-electron chi connectivity index (χ2n) is 5.08. The lowest BCUT2D eigenvalue weighted by Gasteiger charge is -2.28. The largest absolute Gasteiger partial charge is 0.378 e. The quantitative estimate of drug-likeness (QED) is 0.679. The van der Waals surface area contributed by atoms with Crippen LogP contribution in [0.25, 0.3) is 16.9 Å². The van der Waals surface area contributed by atoms with Crippen LogP contribution in [0.15, 0.2) is 36.8 Å². The lowest BCUT2D eigenvalue weighted by molar-refractivity contribution is 0.122. The highest BCUT2D eigenvalue weighted by molar-refractivity contribution is 6.28. The molecule has 3 aromatic rings. The molecule has 1 fully saturated rings. The zero-order chi connectivity index (χ0) is 14.9. The average Bonchev–Trinajstić information content (AvgIpc) is 2.99. The van der Waals surface area contributed by atoms with E-state index in [-0.39, 0.29) is 5.28 Å². The molecule has 0 atom stereocenters. The summed E-state index contributed by atoms with van der Waals surface area (Å²) < 4.78 is 7.29. The van der Waals surface area contributed by atoms with Gasteiger partial charge in [0.15, 0.2) is 5.65 Å². The number of aromatic nitrogens is 4. The van der Waals surface area contributed by atoms with Gasteiger partial charge in [0.05, 0.1) is 19.4 Å². The normalized spacial score (nSPS) is 15.4. The van der Waals surface area contributed by atoms with E-state index in [1.807, 2.05) is 4.57 Å². The van der Waals surface area contributed by atoms with E-state index in [2.05, 4.69) is 44.1 Å². The van der Waals surface area contributed by atoms with Gasteiger partial charge < -0.3 is 9.64 Å². The van der Waals surface area contributed by atoms with Gasteiger partial charge in [0, 0.05) is 24.5 Å². The van der Waals surface area contributed by atoms with Crippen LogP contribution < -0.4 is 4.90 Å². The molecule has 1 aliphatic rings. The third-order valence-corrected chi connectivity index (χ3v) is 3.95. The molecule has 0 spiro atoms. The minimum absolute atomic E-state index is 0.221. The Labute approximate surface area is 132 Å². The molecule has 0 N–H and O–H groups in total. The molecule has 112 valence electrons. The van der Waals surface area contributed by atoms with Crippen molar-refractivity contribution >= 4 is 28.5 Å². The Morgan fingerprint density at radius 2 is 1.73 bits per heavy atom. The van der Waals surface area contributed by atoms with Gasteiger partial charge in [-0.3, -0.25) is 4.57 Å². The molecule has 2 aromatic heterocycles. The second kappa shape index (κ2) is 5.55. The van der Waals surface area contributed by atoms with E-state index in [0.717, 1.165) is 37.5 Å². The van der Waals surface area contributed by atoms with Crippen molar-refractivity contribution in [1.82, 2.24) is 19.5 Å². The van der Waals surface area contributed by atoms with Gasteiger partial charge in [-0.1, -0.05) is 0 Å². The third-order valence-electron chi connectivity index (χ3n) is 3.77. The fourth-order valence-corrected chi connectivity index (χ4v) is 2.75. The second-order valence-corrected chi connectivity index (χ2v) is 5.42. The number of ether oxygens (including phenoxy) is 1. The van der Waals surface area contributed by atoms with Crippen molar-refractivity contribution in [2.75, 3.05) is 31.2 Å². The van der Waals surface area contributed by atoms with Crippen molar-refractivity contribution in [2.45, 2.75) is 0 Å². The number of morpholine rings is 1. The Balaban J connectivity index is 1.68. The van der Waals surface area contributed by atoms with E-state index in [4.69, 9.17) is 16.3 Å². The summed E-state index contributed by atoms with van der Waals surface area (Å²) in [6, 6.07) is 8.33. The maximum atomic E-state index is 5.88. The van der Waals surface area contributed by atoms with Crippen molar-refractivity contribution in [3.63, 3.8) is 0 Å². The number of hydrogen-bond donors (Lipinski definition) is 0. The Bertz CT molecular complexity index is 795. The van der Waals surface area contributed by atoms with Crippen LogP contribution in [-0.4, -0.2) is 45.8 Å². The van der Waals surface area contributed by atoms with Gasteiger partial charge in [0.2, 0.25) is 5.28 Å². The summed E-state index contributed by atoms with van der Waals surface area (Å²) in [6.07, 6.45) is 3.36. The molecule has 0 amide bonds. The number of fused-ring (bicyclic) bond motifs is 1. The maximum Gasteiger partial charge on any atom is 0.224 e. The van der Waals surface area contributed by atoms with Crippen LogP contribution in [0.2, 0.25) is 5.28 Å². The predicted octanol–water partition coefficient (Wildman–Crippen LogP) is 2.31. The molecule has 7 heteroatoms. The summed E-state index contributed by atoms with van der Waals surface area (Å²) >= 11 is 5.88. The molecule has 6 nitrogen and oxygen atoms in total. The van der Waals surface area contributed by atoms with Gasteiger partial charge in [0.25, 0.3) is 0 Å². The van der Waals surface area contributed by atoms with Crippen LogP contribution in [0.3, 0.4) is 0 Å². The number of anilines is 1. The first kappa shape index (κ1) is 13.5. The molecule has 3 heterocycles. The average molecular weight is 316 g/mol. The topological polar surface area (TPSA) is 56.1 Å². The van der Waals surface area contributed by atoms with E-state index in [1.54, 1.807) is 12.5 Å². The highest BCUT2D eigenvalue weighted by Gasteiger charge is 2.12. The molecule has 1 saturated heterocycles. The number of nitrogens with zero attached hydrogens (tertiary/aromatic N) is 5. The number of halogens is 1. The van der Waals surface area contributed by atoms with Crippen LogP contribution in [0.4, 0.5) is 5.69 Å². The van der Waals surface area contributed by atoms with Crippen LogP contribution in [0, 0.1) is 0 Å². The molecule has 4 rings (SSSR count). The standard InChI is InChI=1S/C15H14ClN5O/c16-15-17-9-13-14(19-15)21(10-18-13)12-3-1-11(2-4-12)20-5-7-22-8-6-20/h1-4,9-10H,5-8H2. The SMILES string of the molecule is Clc1ncc2ncn(-c3ccc(N4CCOCC4)cc3)c2n1. The van der Waals surface area contributed by atoms with Crippen molar-refractivity contribution < 1.29 is 4.74 Å². The lowest BCUT2D eigenvalue weighted by Crippen LogP contribution is -2.36. The van der Waals surface area contributed by atoms with E-state index in [0.29, 0.717) is 5.65 Å². The van der Waals surface area contributed by atoms with Crippen molar-refractivity contribution in [3.8, 4) is 5.69 Å². The summed E-state index contributed by atoms with van der Waals surface area (Å²) in [4.78, 5) is 14.8. The zero-order valence-electron chi connectivity index (χ0n) is 11.8. The highest BCUT2D eigenvalue weighted by atomic mass is 35.5. The lowest BCUT2D eigenvalue weighted by atomic mass is 10.2. The molecule has 0 aliphatic carbocycles. The number of rotatable bonds is 2. The number of benzene rings is 1. The molecular formula is C15H14ClN5O. The fraction of sp³-hybridized carbons (Fsp3) is 0.267. The predicted molar refractivity (Wildman–Crippen MR) is 84.7 cm³/mol. The van der Waals surface area contributed by atoms with Crippen molar-refractivity contribution in [1.29, 1.82) is 0 Å². The highest BCUT2D eigenvalue weighted by Crippen LogP contribution is 2.21. The number of imidazole rings is 1. The molecule has 0 bridgehead atoms. The minimum Gasteiger partial charge on any atom is -0.378 e. The van der Waals surface area contributed by atoms with E-state index >= 15 is 0 Å². The van der Waals surface area contributed by atoms with E-state index in [9.17, 15) is 0 Å². The van der Waals surface area contributed by atoms with Gasteiger partial charge in [-0.2, -0.15) is 4.98 Å². The minimum atomic E-state index is 0.221. The fourth-order valence-electron chi connectivity index (χ4n) is 2.62. The van der Waals surface area contributed by atoms with Crippen molar-refractivity contribution in [3.05, 3.63) is 42.1 Å². The maximum absolute atomic E-state index is 5.88. The third kappa shape index (κ3) is 2.40. The molecular weight excluding hydrogens is 302 g/mol. The van der Waals surface area contributed by atoms with Gasteiger partial charge >= 0.3 is 0 Å². The first-order valence-electron chi connectivity index (χ1n) is 7.10. The molecule has 0 saturated carbocycles. The molecule has 0 unspecified atom stereocenters. The Morgan fingerprint density at radius 1 is 1.00 bits per heavy atom. The Hall–Kier alpha value is -2.18. The summed E-state index contributed by atoms with van der Waals surface area (Å²) in [7, 11) is 0. The molecule has 22 heavy (non-hydrogen) atoms. The van der Waals surface area contributed by atoms with Crippen LogP contribution >= 0.6 is 11.6 Å². The molecule has 1 aliphatic heterocycles. The van der Waals surface area contributed by atoms with E-state index < -0.39 is 0 Å². The van der Waals surface area contributed by atoms with E-state index in [1.165, 1.54) is 5.69 Å². The van der Waals surface area contributed by atoms with Gasteiger partial charge in [-0.25, -0.2) is 9.97 Å². The Kier molecular flexibility index (Phi) is 3.40. The first-order chi connectivity index (χ1) is 10.8. The van der Waals surface area contributed by atoms with Gasteiger partial charge in [-0.15, -0.1) is 0 Å². The summed E-state index contributed by atoms with van der Waals surface area (Å²) in [5.74, 6) is 0. The van der Waals surface area contributed by atoms with Crippen molar-refractivity contribution in [2.24, 2.45) is 0 Å². The smallest absolute Gasteiger partial charge is 0.224 e. The zero-order valence-corrected chi connectivity index (χ0v) is 12.6. The first-order valence-corrected chi connectivity index (χ1v) is 7.48. The molecule has 0 radical (unpaired) electrons. The van der Waals surface area contributed by atoms with Gasteiger partial charge in [-0.05, 0) is 35.9 Å². The number of hydrogen-bond acceptors (Lipinski definition) is 5. The van der Waals surface area contributed by atoms with Crippen LogP contribution in [0.1, 0.15) is 0 Å². The Morgan fingerprint density at radius 3 is 2.50 bits per heavy atom. The summed E-state index contributed by atoms with van der Waals surface area (Å²) in [5.41, 5.74) is 3.62.